The van der Waals surface area contributed by atoms with E-state index in [1.807, 2.05) is 0 Å². The lowest BCUT2D eigenvalue weighted by Crippen LogP contribution is -2.23. The number of rotatable bonds is 3. The first-order chi connectivity index (χ1) is 7.30. The van der Waals surface area contributed by atoms with Crippen molar-refractivity contribution in [3.8, 4) is 0 Å². The lowest BCUT2D eigenvalue weighted by Gasteiger charge is -2.15. The molecule has 0 saturated carbocycles. The molecule has 0 aromatic carbocycles. The number of hydrogen-bond donors (Lipinski definition) is 0. The minimum absolute atomic E-state index is 0.0752. The molecule has 1 rings (SSSR count). The Hall–Kier alpha value is -1.58. The quantitative estimate of drug-likeness (QED) is 0.577. The maximum Gasteiger partial charge on any atom is 0.188 e. The van der Waals surface area contributed by atoms with Gasteiger partial charge in [-0.2, -0.15) is 0 Å². The van der Waals surface area contributed by atoms with E-state index in [4.69, 9.17) is 0 Å². The highest BCUT2D eigenvalue weighted by atomic mass is 16.1. The van der Waals surface area contributed by atoms with Gasteiger partial charge in [-0.3, -0.25) is 9.59 Å². The third-order valence-electron chi connectivity index (χ3n) is 2.25. The van der Waals surface area contributed by atoms with E-state index in [-0.39, 0.29) is 18.0 Å². The predicted molar refractivity (Wildman–Crippen MR) is 60.2 cm³/mol. The van der Waals surface area contributed by atoms with Gasteiger partial charge in [-0.1, -0.05) is 20.8 Å². The Morgan fingerprint density at radius 2 is 1.88 bits per heavy atom. The van der Waals surface area contributed by atoms with Crippen LogP contribution >= 0.6 is 0 Å². The zero-order chi connectivity index (χ0) is 12.3. The zero-order valence-electron chi connectivity index (χ0n) is 10.1. The van der Waals surface area contributed by atoms with Crippen LogP contribution in [0.2, 0.25) is 0 Å². The number of ketones is 2. The van der Waals surface area contributed by atoms with Crippen LogP contribution in [0.3, 0.4) is 0 Å². The second-order valence-electron chi connectivity index (χ2n) is 4.82. The number of hydrogen-bond acceptors (Lipinski definition) is 4. The predicted octanol–water partition coefficient (Wildman–Crippen LogP) is 1.97. The molecule has 0 saturated heterocycles. The van der Waals surface area contributed by atoms with E-state index >= 15 is 0 Å². The summed E-state index contributed by atoms with van der Waals surface area (Å²) in [5.41, 5.74) is 0.546. The van der Waals surface area contributed by atoms with E-state index in [2.05, 4.69) is 9.97 Å². The van der Waals surface area contributed by atoms with Crippen LogP contribution in [-0.4, -0.2) is 21.5 Å². The van der Waals surface area contributed by atoms with Crippen LogP contribution in [0.15, 0.2) is 12.4 Å². The molecule has 0 radical (unpaired) electrons. The molecule has 0 aliphatic carbocycles. The molecule has 0 bridgehead atoms. The second kappa shape index (κ2) is 4.51. The first kappa shape index (κ1) is 12.5. The average molecular weight is 220 g/mol. The third kappa shape index (κ3) is 3.22. The van der Waals surface area contributed by atoms with Gasteiger partial charge in [0.25, 0.3) is 0 Å². The standard InChI is InChI=1S/C12H16N2O2/c1-8-5-9(14-7-13-8)10(15)6-11(16)12(2,3)4/h5,7H,6H2,1-4H3. The molecule has 0 amide bonds. The van der Waals surface area contributed by atoms with E-state index in [0.29, 0.717) is 5.69 Å². The number of aromatic nitrogens is 2. The normalized spacial score (nSPS) is 11.2. The van der Waals surface area contributed by atoms with Crippen LogP contribution in [0.4, 0.5) is 0 Å². The molecule has 0 atom stereocenters. The molecular formula is C12H16N2O2. The smallest absolute Gasteiger partial charge is 0.188 e. The monoisotopic (exact) mass is 220 g/mol. The maximum absolute atomic E-state index is 11.7. The van der Waals surface area contributed by atoms with Gasteiger partial charge in [0.05, 0.1) is 6.42 Å². The van der Waals surface area contributed by atoms with Gasteiger partial charge in [-0.15, -0.1) is 0 Å². The molecule has 1 heterocycles. The lowest BCUT2D eigenvalue weighted by atomic mass is 9.87. The fraction of sp³-hybridized carbons (Fsp3) is 0.500. The number of Topliss-reactive ketones (excluding diaryl/α,β-unsaturated/α-hetero) is 2. The SMILES string of the molecule is Cc1cc(C(=O)CC(=O)C(C)(C)C)ncn1. The fourth-order valence-electron chi connectivity index (χ4n) is 1.11. The van der Waals surface area contributed by atoms with Crippen molar-refractivity contribution in [1.82, 2.24) is 9.97 Å². The molecule has 4 nitrogen and oxygen atoms in total. The summed E-state index contributed by atoms with van der Waals surface area (Å²) in [5.74, 6) is -0.320. The number of carbonyl (C=O) groups excluding carboxylic acids is 2. The number of aryl methyl sites for hydroxylation is 1. The maximum atomic E-state index is 11.7. The van der Waals surface area contributed by atoms with Crippen molar-refractivity contribution in [3.05, 3.63) is 23.8 Å². The van der Waals surface area contributed by atoms with Crippen molar-refractivity contribution in [1.29, 1.82) is 0 Å². The molecule has 0 fully saturated rings. The molecule has 0 aliphatic heterocycles. The summed E-state index contributed by atoms with van der Waals surface area (Å²) >= 11 is 0. The van der Waals surface area contributed by atoms with Gasteiger partial charge in [-0.05, 0) is 13.0 Å². The highest BCUT2D eigenvalue weighted by molar-refractivity contribution is 6.08. The Bertz CT molecular complexity index is 419. The van der Waals surface area contributed by atoms with Crippen LogP contribution in [0.5, 0.6) is 0 Å². The zero-order valence-corrected chi connectivity index (χ0v) is 10.1. The van der Waals surface area contributed by atoms with E-state index in [1.165, 1.54) is 6.33 Å². The van der Waals surface area contributed by atoms with E-state index in [9.17, 15) is 9.59 Å². The molecule has 0 spiro atoms. The van der Waals surface area contributed by atoms with Crippen LogP contribution in [0.1, 0.15) is 43.4 Å². The number of nitrogens with zero attached hydrogens (tertiary/aromatic N) is 2. The largest absolute Gasteiger partial charge is 0.299 e. The Balaban J connectivity index is 2.78. The average Bonchev–Trinajstić information content (AvgIpc) is 2.16. The van der Waals surface area contributed by atoms with Crippen LogP contribution in [0, 0.1) is 12.3 Å². The Kier molecular flexibility index (Phi) is 3.52. The number of carbonyl (C=O) groups is 2. The molecule has 0 aliphatic rings. The molecule has 1 aromatic rings. The topological polar surface area (TPSA) is 59.9 Å². The van der Waals surface area contributed by atoms with Gasteiger partial charge in [0.15, 0.2) is 5.78 Å². The molecule has 0 N–H and O–H groups in total. The molecule has 0 unspecified atom stereocenters. The van der Waals surface area contributed by atoms with E-state index in [0.717, 1.165) is 5.69 Å². The molecule has 16 heavy (non-hydrogen) atoms. The summed E-state index contributed by atoms with van der Waals surface area (Å²) in [5, 5.41) is 0. The lowest BCUT2D eigenvalue weighted by molar-refractivity contribution is -0.125. The van der Waals surface area contributed by atoms with Crippen LogP contribution in [-0.2, 0) is 4.79 Å². The van der Waals surface area contributed by atoms with Crippen LogP contribution < -0.4 is 0 Å². The Morgan fingerprint density at radius 1 is 1.25 bits per heavy atom. The highest BCUT2D eigenvalue weighted by Crippen LogP contribution is 2.17. The molecule has 1 aromatic heterocycles. The van der Waals surface area contributed by atoms with Crippen molar-refractivity contribution >= 4 is 11.6 Å². The molecule has 4 heteroatoms. The van der Waals surface area contributed by atoms with Gasteiger partial charge in [0.2, 0.25) is 0 Å². The summed E-state index contributed by atoms with van der Waals surface area (Å²) in [6.07, 6.45) is 1.24. The van der Waals surface area contributed by atoms with Crippen molar-refractivity contribution in [2.45, 2.75) is 34.1 Å². The van der Waals surface area contributed by atoms with Gasteiger partial charge < -0.3 is 0 Å². The van der Waals surface area contributed by atoms with Gasteiger partial charge in [0, 0.05) is 11.1 Å². The van der Waals surface area contributed by atoms with Crippen LogP contribution in [0.25, 0.3) is 0 Å². The molecule has 86 valence electrons. The first-order valence-corrected chi connectivity index (χ1v) is 5.16. The van der Waals surface area contributed by atoms with Crippen molar-refractivity contribution in [2.75, 3.05) is 0 Å². The van der Waals surface area contributed by atoms with Crippen molar-refractivity contribution in [3.63, 3.8) is 0 Å². The van der Waals surface area contributed by atoms with Crippen molar-refractivity contribution in [2.24, 2.45) is 5.41 Å². The minimum Gasteiger partial charge on any atom is -0.299 e. The fourth-order valence-corrected chi connectivity index (χ4v) is 1.11. The summed E-state index contributed by atoms with van der Waals surface area (Å²) in [6.45, 7) is 7.18. The molecular weight excluding hydrogens is 204 g/mol. The summed E-state index contributed by atoms with van der Waals surface area (Å²) in [4.78, 5) is 31.2. The van der Waals surface area contributed by atoms with E-state index < -0.39 is 5.41 Å². The highest BCUT2D eigenvalue weighted by Gasteiger charge is 2.24. The van der Waals surface area contributed by atoms with Gasteiger partial charge in [-0.25, -0.2) is 9.97 Å². The van der Waals surface area contributed by atoms with Gasteiger partial charge >= 0.3 is 0 Å². The second-order valence-corrected chi connectivity index (χ2v) is 4.82. The minimum atomic E-state index is -0.488. The third-order valence-corrected chi connectivity index (χ3v) is 2.25. The first-order valence-electron chi connectivity index (χ1n) is 5.16. The Labute approximate surface area is 95.1 Å². The summed E-state index contributed by atoms with van der Waals surface area (Å²) < 4.78 is 0. The van der Waals surface area contributed by atoms with Crippen molar-refractivity contribution < 1.29 is 9.59 Å². The Morgan fingerprint density at radius 3 is 2.38 bits per heavy atom. The van der Waals surface area contributed by atoms with E-state index in [1.54, 1.807) is 33.8 Å². The van der Waals surface area contributed by atoms with Gasteiger partial charge in [0.1, 0.15) is 17.8 Å². The summed E-state index contributed by atoms with van der Waals surface area (Å²) in [7, 11) is 0. The summed E-state index contributed by atoms with van der Waals surface area (Å²) in [6, 6.07) is 1.60.